The summed E-state index contributed by atoms with van der Waals surface area (Å²) in [5.74, 6) is -1.13. The topological polar surface area (TPSA) is 110 Å². The van der Waals surface area contributed by atoms with Gasteiger partial charge in [0, 0.05) is 18.8 Å². The highest BCUT2D eigenvalue weighted by Gasteiger charge is 2.40. The molecule has 5 N–H and O–H groups in total. The zero-order valence-corrected chi connectivity index (χ0v) is 9.82. The Labute approximate surface area is 99.4 Å². The first kappa shape index (κ1) is 13.3. The maximum atomic E-state index is 11.7. The van der Waals surface area contributed by atoms with Gasteiger partial charge in [-0.15, -0.1) is 0 Å². The number of nitrogens with two attached hydrogens (primary N) is 2. The van der Waals surface area contributed by atoms with Gasteiger partial charge in [0.2, 0.25) is 5.91 Å². The maximum absolute atomic E-state index is 11.7. The normalized spacial score (nSPS) is 27.6. The first-order valence-electron chi connectivity index (χ1n) is 5.08. The van der Waals surface area contributed by atoms with Crippen molar-refractivity contribution in [2.45, 2.75) is 24.4 Å². The van der Waals surface area contributed by atoms with E-state index in [1.807, 2.05) is 0 Å². The summed E-state index contributed by atoms with van der Waals surface area (Å²) in [5, 5.41) is 8.98. The second-order valence-corrected chi connectivity index (χ2v) is 4.48. The molecule has 0 aromatic rings. The quantitative estimate of drug-likeness (QED) is 0.461. The van der Waals surface area contributed by atoms with Crippen molar-refractivity contribution < 1.29 is 14.7 Å². The summed E-state index contributed by atoms with van der Waals surface area (Å²) >= 11 is 3.94. The molecule has 92 valence electrons. The zero-order valence-electron chi connectivity index (χ0n) is 8.93. The van der Waals surface area contributed by atoms with Gasteiger partial charge in [-0.25, -0.2) is 0 Å². The highest BCUT2D eigenvalue weighted by atomic mass is 32.1. The molecule has 0 saturated carbocycles. The minimum Gasteiger partial charge on any atom is -0.480 e. The molecule has 2 atom stereocenters. The van der Waals surface area contributed by atoms with Crippen molar-refractivity contribution in [3.8, 4) is 0 Å². The van der Waals surface area contributed by atoms with Crippen LogP contribution < -0.4 is 11.5 Å². The van der Waals surface area contributed by atoms with Crippen LogP contribution in [0, 0.1) is 0 Å². The van der Waals surface area contributed by atoms with Gasteiger partial charge in [-0.3, -0.25) is 9.59 Å². The second kappa shape index (κ2) is 5.03. The van der Waals surface area contributed by atoms with Gasteiger partial charge in [0.05, 0.1) is 6.04 Å². The Balaban J connectivity index is 2.71. The summed E-state index contributed by atoms with van der Waals surface area (Å²) in [5.41, 5.74) is 9.93. The third kappa shape index (κ3) is 2.66. The number of thiol groups is 1. The highest BCUT2D eigenvalue weighted by Crippen LogP contribution is 2.19. The number of piperidine rings is 1. The number of amides is 1. The van der Waals surface area contributed by atoms with Crippen LogP contribution in [0.25, 0.3) is 0 Å². The molecule has 0 bridgehead atoms. The van der Waals surface area contributed by atoms with E-state index in [1.54, 1.807) is 0 Å². The Kier molecular flexibility index (Phi) is 4.17. The van der Waals surface area contributed by atoms with E-state index in [-0.39, 0.29) is 18.2 Å². The van der Waals surface area contributed by atoms with E-state index in [9.17, 15) is 9.59 Å². The van der Waals surface area contributed by atoms with Crippen LogP contribution in [-0.2, 0) is 9.59 Å². The molecule has 1 saturated heterocycles. The number of carbonyl (C=O) groups is 2. The first-order valence-corrected chi connectivity index (χ1v) is 5.71. The molecule has 1 fully saturated rings. The minimum atomic E-state index is -1.34. The van der Waals surface area contributed by atoms with Crippen LogP contribution in [0.3, 0.4) is 0 Å². The summed E-state index contributed by atoms with van der Waals surface area (Å²) < 4.78 is 0. The zero-order chi connectivity index (χ0) is 12.3. The first-order chi connectivity index (χ1) is 7.40. The molecule has 1 heterocycles. The average Bonchev–Trinajstić information content (AvgIpc) is 2.27. The van der Waals surface area contributed by atoms with Crippen LogP contribution in [0.4, 0.5) is 0 Å². The molecule has 1 aliphatic rings. The number of carboxylic acids is 1. The number of carbonyl (C=O) groups excluding carboxylic acids is 1. The van der Waals surface area contributed by atoms with E-state index in [2.05, 4.69) is 12.6 Å². The summed E-state index contributed by atoms with van der Waals surface area (Å²) in [6.07, 6.45) is 0.954. The molecule has 0 aromatic heterocycles. The lowest BCUT2D eigenvalue weighted by Gasteiger charge is -2.38. The predicted octanol–water partition coefficient (Wildman–Crippen LogP) is -1.35. The Bertz CT molecular complexity index is 300. The number of hydrogen-bond acceptors (Lipinski definition) is 5. The van der Waals surface area contributed by atoms with Crippen molar-refractivity contribution in [1.82, 2.24) is 4.90 Å². The molecular formula is C9H17N3O3S. The van der Waals surface area contributed by atoms with Gasteiger partial charge in [0.25, 0.3) is 0 Å². The molecule has 0 spiro atoms. The molecule has 7 heteroatoms. The van der Waals surface area contributed by atoms with E-state index >= 15 is 0 Å². The van der Waals surface area contributed by atoms with E-state index in [4.69, 9.17) is 16.6 Å². The number of nitrogens with zero attached hydrogens (tertiary/aromatic N) is 1. The molecule has 0 aromatic carbocycles. The number of carboxylic acid groups (broad SMARTS) is 1. The summed E-state index contributed by atoms with van der Waals surface area (Å²) in [6, 6.07) is -0.695. The molecule has 16 heavy (non-hydrogen) atoms. The van der Waals surface area contributed by atoms with Crippen molar-refractivity contribution in [3.63, 3.8) is 0 Å². The van der Waals surface area contributed by atoms with Crippen molar-refractivity contribution in [1.29, 1.82) is 0 Å². The van der Waals surface area contributed by atoms with Crippen molar-refractivity contribution in [2.75, 3.05) is 18.8 Å². The van der Waals surface area contributed by atoms with Gasteiger partial charge in [0.1, 0.15) is 5.54 Å². The highest BCUT2D eigenvalue weighted by molar-refractivity contribution is 7.80. The fraction of sp³-hybridized carbons (Fsp3) is 0.778. The molecule has 1 amide bonds. The molecule has 0 radical (unpaired) electrons. The smallest absolute Gasteiger partial charge is 0.325 e. The Morgan fingerprint density at radius 3 is 2.69 bits per heavy atom. The van der Waals surface area contributed by atoms with E-state index < -0.39 is 17.6 Å². The van der Waals surface area contributed by atoms with Gasteiger partial charge in [-0.2, -0.15) is 12.6 Å². The van der Waals surface area contributed by atoms with E-state index in [0.717, 1.165) is 0 Å². The largest absolute Gasteiger partial charge is 0.480 e. The van der Waals surface area contributed by atoms with E-state index in [1.165, 1.54) is 4.90 Å². The van der Waals surface area contributed by atoms with Crippen LogP contribution >= 0.6 is 12.6 Å². The second-order valence-electron chi connectivity index (χ2n) is 4.11. The Hall–Kier alpha value is -0.790. The Morgan fingerprint density at radius 2 is 2.19 bits per heavy atom. The number of aliphatic carboxylic acids is 1. The van der Waals surface area contributed by atoms with Crippen LogP contribution in [0.5, 0.6) is 0 Å². The molecule has 0 unspecified atom stereocenters. The van der Waals surface area contributed by atoms with Gasteiger partial charge in [-0.1, -0.05) is 0 Å². The molecule has 1 aliphatic heterocycles. The van der Waals surface area contributed by atoms with Gasteiger partial charge in [-0.05, 0) is 12.8 Å². The van der Waals surface area contributed by atoms with Crippen LogP contribution in [0.15, 0.2) is 0 Å². The van der Waals surface area contributed by atoms with Crippen LogP contribution in [0.1, 0.15) is 12.8 Å². The lowest BCUT2D eigenvalue weighted by Crippen LogP contribution is -2.62. The van der Waals surface area contributed by atoms with Crippen molar-refractivity contribution in [2.24, 2.45) is 11.5 Å². The summed E-state index contributed by atoms with van der Waals surface area (Å²) in [6.45, 7) is 0.523. The number of hydrogen-bond donors (Lipinski definition) is 4. The summed E-state index contributed by atoms with van der Waals surface area (Å²) in [7, 11) is 0. The van der Waals surface area contributed by atoms with Crippen molar-refractivity contribution >= 4 is 24.5 Å². The fourth-order valence-electron chi connectivity index (χ4n) is 1.76. The van der Waals surface area contributed by atoms with Crippen molar-refractivity contribution in [3.05, 3.63) is 0 Å². The fourth-order valence-corrected chi connectivity index (χ4v) is 1.92. The SMILES string of the molecule is N[C@@H](CS)C(=O)N1CCC[C@](N)(C(=O)O)C1. The van der Waals surface area contributed by atoms with Crippen LogP contribution in [-0.4, -0.2) is 52.3 Å². The molecular weight excluding hydrogens is 230 g/mol. The number of rotatable bonds is 3. The van der Waals surface area contributed by atoms with E-state index in [0.29, 0.717) is 19.4 Å². The Morgan fingerprint density at radius 1 is 1.56 bits per heavy atom. The molecule has 1 rings (SSSR count). The third-order valence-corrected chi connectivity index (χ3v) is 3.17. The van der Waals surface area contributed by atoms with Gasteiger partial charge in [0.15, 0.2) is 0 Å². The van der Waals surface area contributed by atoms with Gasteiger partial charge >= 0.3 is 5.97 Å². The number of likely N-dealkylation sites (tertiary alicyclic amines) is 1. The molecule has 0 aliphatic carbocycles. The summed E-state index contributed by atoms with van der Waals surface area (Å²) in [4.78, 5) is 24.1. The lowest BCUT2D eigenvalue weighted by molar-refractivity contribution is -0.148. The average molecular weight is 247 g/mol. The monoisotopic (exact) mass is 247 g/mol. The third-order valence-electron chi connectivity index (χ3n) is 2.78. The predicted molar refractivity (Wildman–Crippen MR) is 62.2 cm³/mol. The molecule has 6 nitrogen and oxygen atoms in total. The van der Waals surface area contributed by atoms with Crippen LogP contribution in [0.2, 0.25) is 0 Å². The maximum Gasteiger partial charge on any atom is 0.325 e. The lowest BCUT2D eigenvalue weighted by atomic mass is 9.90. The standard InChI is InChI=1S/C9H17N3O3S/c10-6(4-16)7(13)12-3-1-2-9(11,5-12)8(14)15/h6,16H,1-5,10-11H2,(H,14,15)/t6-,9+/m0/s1. The minimum absolute atomic E-state index is 0.0165. The van der Waals surface area contributed by atoms with Gasteiger partial charge < -0.3 is 21.5 Å².